The summed E-state index contributed by atoms with van der Waals surface area (Å²) in [5, 5.41) is 0. The molecule has 2 fully saturated rings. The first-order valence-electron chi connectivity index (χ1n) is 7.27. The summed E-state index contributed by atoms with van der Waals surface area (Å²) in [5.74, 6) is 0.966. The Hall–Kier alpha value is -0.0800. The molecule has 1 aliphatic carbocycles. The van der Waals surface area contributed by atoms with Crippen molar-refractivity contribution in [3.8, 4) is 0 Å². The largest absolute Gasteiger partial charge is 0.327 e. The Morgan fingerprint density at radius 2 is 1.75 bits per heavy atom. The van der Waals surface area contributed by atoms with Gasteiger partial charge in [0.1, 0.15) is 0 Å². The van der Waals surface area contributed by atoms with Crippen LogP contribution in [0.5, 0.6) is 0 Å². The highest BCUT2D eigenvalue weighted by molar-refractivity contribution is 4.84. The van der Waals surface area contributed by atoms with E-state index in [0.29, 0.717) is 12.1 Å². The first kappa shape index (κ1) is 12.4. The van der Waals surface area contributed by atoms with E-state index in [0.717, 1.165) is 5.92 Å². The molecule has 94 valence electrons. The maximum absolute atomic E-state index is 6.12. The summed E-state index contributed by atoms with van der Waals surface area (Å²) in [5.41, 5.74) is 6.12. The first-order valence-corrected chi connectivity index (χ1v) is 7.27. The minimum atomic E-state index is 0.351. The number of nitrogens with two attached hydrogens (primary N) is 1. The predicted molar refractivity (Wildman–Crippen MR) is 69.4 cm³/mol. The minimum Gasteiger partial charge on any atom is -0.327 e. The van der Waals surface area contributed by atoms with Crippen molar-refractivity contribution in [2.24, 2.45) is 11.7 Å². The lowest BCUT2D eigenvalue weighted by Crippen LogP contribution is -2.50. The highest BCUT2D eigenvalue weighted by atomic mass is 15.2. The third kappa shape index (κ3) is 3.21. The molecule has 2 aliphatic rings. The van der Waals surface area contributed by atoms with Crippen molar-refractivity contribution in [1.29, 1.82) is 0 Å². The van der Waals surface area contributed by atoms with Crippen LogP contribution in [-0.4, -0.2) is 30.1 Å². The van der Waals surface area contributed by atoms with E-state index in [9.17, 15) is 0 Å². The van der Waals surface area contributed by atoms with E-state index >= 15 is 0 Å². The molecule has 2 nitrogen and oxygen atoms in total. The van der Waals surface area contributed by atoms with Crippen LogP contribution >= 0.6 is 0 Å². The molecule has 0 spiro atoms. The van der Waals surface area contributed by atoms with Gasteiger partial charge < -0.3 is 5.73 Å². The molecule has 0 aromatic rings. The lowest BCUT2D eigenvalue weighted by Gasteiger charge is -2.40. The van der Waals surface area contributed by atoms with Crippen LogP contribution in [0.4, 0.5) is 0 Å². The van der Waals surface area contributed by atoms with Gasteiger partial charge in [0.25, 0.3) is 0 Å². The van der Waals surface area contributed by atoms with Gasteiger partial charge in [0.2, 0.25) is 0 Å². The quantitative estimate of drug-likeness (QED) is 0.798. The van der Waals surface area contributed by atoms with Gasteiger partial charge in [0.15, 0.2) is 0 Å². The smallest absolute Gasteiger partial charge is 0.0244 e. The fourth-order valence-corrected chi connectivity index (χ4v) is 3.54. The molecule has 0 amide bonds. The highest BCUT2D eigenvalue weighted by Gasteiger charge is 2.27. The van der Waals surface area contributed by atoms with E-state index in [1.807, 2.05) is 0 Å². The van der Waals surface area contributed by atoms with Gasteiger partial charge in [-0.15, -0.1) is 0 Å². The molecule has 0 bridgehead atoms. The summed E-state index contributed by atoms with van der Waals surface area (Å²) < 4.78 is 0. The van der Waals surface area contributed by atoms with Crippen LogP contribution in [0.15, 0.2) is 0 Å². The zero-order chi connectivity index (χ0) is 11.4. The number of nitrogens with zero attached hydrogens (tertiary/aromatic N) is 1. The van der Waals surface area contributed by atoms with E-state index in [2.05, 4.69) is 11.8 Å². The third-order valence-corrected chi connectivity index (χ3v) is 4.49. The van der Waals surface area contributed by atoms with Crippen LogP contribution in [0.2, 0.25) is 0 Å². The van der Waals surface area contributed by atoms with E-state index < -0.39 is 0 Å². The highest BCUT2D eigenvalue weighted by Crippen LogP contribution is 2.27. The summed E-state index contributed by atoms with van der Waals surface area (Å²) in [6.07, 6.45) is 11.4. The van der Waals surface area contributed by atoms with Gasteiger partial charge in [-0.2, -0.15) is 0 Å². The number of likely N-dealkylation sites (tertiary alicyclic amines) is 1. The lowest BCUT2D eigenvalue weighted by atomic mass is 9.87. The molecule has 2 rings (SSSR count). The summed E-state index contributed by atoms with van der Waals surface area (Å²) in [6, 6.07) is 1.01. The molecule has 1 saturated carbocycles. The normalized spacial score (nSPS) is 31.5. The van der Waals surface area contributed by atoms with Crippen LogP contribution in [0.25, 0.3) is 0 Å². The molecule has 16 heavy (non-hydrogen) atoms. The minimum absolute atomic E-state index is 0.351. The van der Waals surface area contributed by atoms with Gasteiger partial charge in [-0.05, 0) is 45.1 Å². The Labute approximate surface area is 101 Å². The van der Waals surface area contributed by atoms with Gasteiger partial charge in [0.05, 0.1) is 0 Å². The number of hydrogen-bond donors (Lipinski definition) is 1. The number of piperidine rings is 1. The molecule has 1 saturated heterocycles. The summed E-state index contributed by atoms with van der Waals surface area (Å²) >= 11 is 0. The van der Waals surface area contributed by atoms with Crippen molar-refractivity contribution in [3.63, 3.8) is 0 Å². The third-order valence-electron chi connectivity index (χ3n) is 4.49. The molecule has 1 heterocycles. The molecular weight excluding hydrogens is 196 g/mol. The van der Waals surface area contributed by atoms with E-state index in [4.69, 9.17) is 5.73 Å². The van der Waals surface area contributed by atoms with Crippen LogP contribution in [-0.2, 0) is 0 Å². The Morgan fingerprint density at radius 1 is 1.06 bits per heavy atom. The van der Waals surface area contributed by atoms with Crippen molar-refractivity contribution < 1.29 is 0 Å². The topological polar surface area (TPSA) is 29.3 Å². The zero-order valence-electron chi connectivity index (χ0n) is 10.8. The zero-order valence-corrected chi connectivity index (χ0v) is 10.8. The average Bonchev–Trinajstić information content (AvgIpc) is 2.31. The van der Waals surface area contributed by atoms with Crippen LogP contribution < -0.4 is 5.73 Å². The molecule has 1 aliphatic heterocycles. The molecule has 2 N–H and O–H groups in total. The number of hydrogen-bond acceptors (Lipinski definition) is 2. The average molecular weight is 224 g/mol. The van der Waals surface area contributed by atoms with E-state index in [1.54, 1.807) is 0 Å². The summed E-state index contributed by atoms with van der Waals surface area (Å²) in [7, 11) is 0. The molecule has 2 heteroatoms. The van der Waals surface area contributed by atoms with Gasteiger partial charge in [-0.3, -0.25) is 4.90 Å². The maximum Gasteiger partial charge on any atom is 0.0244 e. The second kappa shape index (κ2) is 6.02. The second-order valence-electron chi connectivity index (χ2n) is 5.92. The molecule has 0 radical (unpaired) electrons. The van der Waals surface area contributed by atoms with Gasteiger partial charge >= 0.3 is 0 Å². The van der Waals surface area contributed by atoms with Crippen molar-refractivity contribution >= 4 is 0 Å². The standard InChI is InChI=1S/C14H28N2/c1-12(15)14-9-5-6-10-16(14)11-13-7-3-2-4-8-13/h12-14H,2-11,15H2,1H3. The van der Waals surface area contributed by atoms with Crippen molar-refractivity contribution in [2.75, 3.05) is 13.1 Å². The molecule has 0 aromatic heterocycles. The Balaban J connectivity index is 1.85. The Morgan fingerprint density at radius 3 is 2.44 bits per heavy atom. The van der Waals surface area contributed by atoms with Crippen LogP contribution in [0, 0.1) is 5.92 Å². The van der Waals surface area contributed by atoms with Crippen LogP contribution in [0.1, 0.15) is 58.3 Å². The van der Waals surface area contributed by atoms with E-state index in [-0.39, 0.29) is 0 Å². The molecular formula is C14H28N2. The van der Waals surface area contributed by atoms with Gasteiger partial charge in [0, 0.05) is 18.6 Å². The van der Waals surface area contributed by atoms with Crippen molar-refractivity contribution in [1.82, 2.24) is 4.90 Å². The summed E-state index contributed by atoms with van der Waals surface area (Å²) in [6.45, 7) is 4.80. The van der Waals surface area contributed by atoms with E-state index in [1.165, 1.54) is 64.5 Å². The molecule has 0 aromatic carbocycles. The first-order chi connectivity index (χ1) is 7.77. The van der Waals surface area contributed by atoms with Crippen molar-refractivity contribution in [2.45, 2.75) is 70.4 Å². The fourth-order valence-electron chi connectivity index (χ4n) is 3.54. The number of rotatable bonds is 3. The molecule has 2 unspecified atom stereocenters. The molecule has 2 atom stereocenters. The summed E-state index contributed by atoms with van der Waals surface area (Å²) in [4.78, 5) is 2.70. The fraction of sp³-hybridized carbons (Fsp3) is 1.00. The predicted octanol–water partition coefficient (Wildman–Crippen LogP) is 2.77. The lowest BCUT2D eigenvalue weighted by molar-refractivity contribution is 0.0998. The SMILES string of the molecule is CC(N)C1CCCCN1CC1CCCCC1. The van der Waals surface area contributed by atoms with Gasteiger partial charge in [-0.1, -0.05) is 25.7 Å². The Bertz CT molecular complexity index is 197. The Kier molecular flexibility index (Phi) is 4.66. The second-order valence-corrected chi connectivity index (χ2v) is 5.92. The monoisotopic (exact) mass is 224 g/mol. The maximum atomic E-state index is 6.12. The van der Waals surface area contributed by atoms with Gasteiger partial charge in [-0.25, -0.2) is 0 Å². The van der Waals surface area contributed by atoms with Crippen molar-refractivity contribution in [3.05, 3.63) is 0 Å². The van der Waals surface area contributed by atoms with Crippen LogP contribution in [0.3, 0.4) is 0 Å².